The molecule has 0 spiro atoms. The van der Waals surface area contributed by atoms with E-state index in [1.807, 2.05) is 31.2 Å². The molecular weight excluding hydrogens is 242 g/mol. The first kappa shape index (κ1) is 11.5. The van der Waals surface area contributed by atoms with Crippen LogP contribution in [-0.4, -0.2) is 17.1 Å². The number of fused-ring (bicyclic) bond motifs is 1. The molecule has 0 fully saturated rings. The summed E-state index contributed by atoms with van der Waals surface area (Å²) in [6.07, 6.45) is 0. The number of hydrogen-bond acceptors (Lipinski definition) is 5. The Hall–Kier alpha value is -2.56. The maximum atomic E-state index is 5.98. The fraction of sp³-hybridized carbons (Fsp3) is 0.143. The first-order valence-corrected chi connectivity index (χ1v) is 5.85. The molecule has 3 rings (SSSR count). The zero-order chi connectivity index (χ0) is 13.4. The molecule has 19 heavy (non-hydrogen) atoms. The summed E-state index contributed by atoms with van der Waals surface area (Å²) in [6.45, 7) is 1.91. The lowest BCUT2D eigenvalue weighted by Crippen LogP contribution is -1.92. The van der Waals surface area contributed by atoms with Gasteiger partial charge in [-0.15, -0.1) is 0 Å². The van der Waals surface area contributed by atoms with Crippen LogP contribution in [-0.2, 0) is 0 Å². The monoisotopic (exact) mass is 255 g/mol. The molecule has 0 aliphatic heterocycles. The number of nitrogens with zero attached hydrogens (tertiary/aromatic N) is 2. The van der Waals surface area contributed by atoms with Crippen molar-refractivity contribution in [2.75, 3.05) is 12.8 Å². The van der Waals surface area contributed by atoms with Gasteiger partial charge in [-0.05, 0) is 31.2 Å². The molecule has 0 aliphatic carbocycles. The normalized spacial score (nSPS) is 10.8. The minimum absolute atomic E-state index is 0.466. The minimum atomic E-state index is 0.466. The van der Waals surface area contributed by atoms with Gasteiger partial charge in [0.15, 0.2) is 11.2 Å². The highest BCUT2D eigenvalue weighted by Gasteiger charge is 2.12. The second-order valence-electron chi connectivity index (χ2n) is 4.25. The van der Waals surface area contributed by atoms with Crippen LogP contribution < -0.4 is 10.5 Å². The second kappa shape index (κ2) is 4.28. The summed E-state index contributed by atoms with van der Waals surface area (Å²) in [5.74, 6) is 1.17. The van der Waals surface area contributed by atoms with E-state index in [4.69, 9.17) is 14.9 Å². The predicted molar refractivity (Wildman–Crippen MR) is 72.9 cm³/mol. The Kier molecular flexibility index (Phi) is 2.59. The van der Waals surface area contributed by atoms with E-state index in [9.17, 15) is 0 Å². The number of nitrogens with two attached hydrogens (primary N) is 1. The minimum Gasteiger partial charge on any atom is -0.497 e. The van der Waals surface area contributed by atoms with Crippen molar-refractivity contribution in [1.29, 1.82) is 0 Å². The van der Waals surface area contributed by atoms with Gasteiger partial charge in [0, 0.05) is 17.4 Å². The van der Waals surface area contributed by atoms with E-state index < -0.39 is 0 Å². The largest absolute Gasteiger partial charge is 0.497 e. The molecule has 0 radical (unpaired) electrons. The highest BCUT2D eigenvalue weighted by molar-refractivity contribution is 5.77. The highest BCUT2D eigenvalue weighted by atomic mass is 16.5. The van der Waals surface area contributed by atoms with E-state index in [1.165, 1.54) is 0 Å². The molecule has 1 aromatic carbocycles. The number of hydrogen-bond donors (Lipinski definition) is 1. The molecule has 2 heterocycles. The molecule has 3 aromatic rings. The maximum Gasteiger partial charge on any atom is 0.230 e. The van der Waals surface area contributed by atoms with Crippen LogP contribution in [0.4, 0.5) is 5.69 Å². The number of methoxy groups -OCH3 is 1. The van der Waals surface area contributed by atoms with Gasteiger partial charge in [-0.2, -0.15) is 4.98 Å². The molecule has 0 saturated heterocycles. The molecule has 96 valence electrons. The van der Waals surface area contributed by atoms with Gasteiger partial charge in [0.25, 0.3) is 0 Å². The Bertz CT molecular complexity index is 750. The van der Waals surface area contributed by atoms with Crippen LogP contribution in [0, 0.1) is 6.92 Å². The molecule has 2 N–H and O–H groups in total. The molecule has 0 aliphatic rings. The van der Waals surface area contributed by atoms with Gasteiger partial charge in [0.1, 0.15) is 5.75 Å². The summed E-state index contributed by atoms with van der Waals surface area (Å²) in [4.78, 5) is 8.68. The van der Waals surface area contributed by atoms with Crippen LogP contribution in [0.3, 0.4) is 0 Å². The quantitative estimate of drug-likeness (QED) is 0.713. The molecule has 0 amide bonds. The number of aryl methyl sites for hydroxylation is 1. The van der Waals surface area contributed by atoms with Crippen LogP contribution in [0.15, 0.2) is 34.7 Å². The topological polar surface area (TPSA) is 74.2 Å². The summed E-state index contributed by atoms with van der Waals surface area (Å²) in [5.41, 5.74) is 9.41. The fourth-order valence-electron chi connectivity index (χ4n) is 1.89. The number of ether oxygens (including phenoxy) is 1. The van der Waals surface area contributed by atoms with Crippen molar-refractivity contribution in [3.8, 4) is 17.2 Å². The van der Waals surface area contributed by atoms with E-state index in [2.05, 4.69) is 9.97 Å². The van der Waals surface area contributed by atoms with Crippen LogP contribution in [0.25, 0.3) is 22.7 Å². The maximum absolute atomic E-state index is 5.98. The Morgan fingerprint density at radius 3 is 2.74 bits per heavy atom. The van der Waals surface area contributed by atoms with E-state index in [1.54, 1.807) is 13.2 Å². The van der Waals surface area contributed by atoms with Crippen LogP contribution in [0.5, 0.6) is 5.75 Å². The van der Waals surface area contributed by atoms with Gasteiger partial charge in [0.2, 0.25) is 5.89 Å². The Morgan fingerprint density at radius 2 is 2.00 bits per heavy atom. The number of pyridine rings is 1. The lowest BCUT2D eigenvalue weighted by Gasteiger charge is -2.04. The summed E-state index contributed by atoms with van der Waals surface area (Å²) >= 11 is 0. The molecule has 2 aromatic heterocycles. The van der Waals surface area contributed by atoms with Crippen molar-refractivity contribution < 1.29 is 9.15 Å². The average molecular weight is 255 g/mol. The van der Waals surface area contributed by atoms with Crippen molar-refractivity contribution in [2.24, 2.45) is 0 Å². The van der Waals surface area contributed by atoms with Gasteiger partial charge in [-0.25, -0.2) is 4.98 Å². The zero-order valence-corrected chi connectivity index (χ0v) is 10.7. The van der Waals surface area contributed by atoms with Gasteiger partial charge < -0.3 is 14.9 Å². The van der Waals surface area contributed by atoms with Crippen LogP contribution in [0.2, 0.25) is 0 Å². The van der Waals surface area contributed by atoms with Crippen LogP contribution in [0.1, 0.15) is 5.69 Å². The molecule has 0 saturated carbocycles. The van der Waals surface area contributed by atoms with E-state index >= 15 is 0 Å². The molecule has 5 nitrogen and oxygen atoms in total. The van der Waals surface area contributed by atoms with E-state index in [0.29, 0.717) is 28.6 Å². The average Bonchev–Trinajstić information content (AvgIpc) is 2.81. The molecule has 5 heteroatoms. The third-order valence-corrected chi connectivity index (χ3v) is 2.88. The van der Waals surface area contributed by atoms with Crippen molar-refractivity contribution in [3.05, 3.63) is 36.0 Å². The lowest BCUT2D eigenvalue weighted by atomic mass is 10.2. The van der Waals surface area contributed by atoms with Gasteiger partial charge in [-0.1, -0.05) is 0 Å². The predicted octanol–water partition coefficient (Wildman–Crippen LogP) is 2.79. The second-order valence-corrected chi connectivity index (χ2v) is 4.25. The van der Waals surface area contributed by atoms with E-state index in [0.717, 1.165) is 11.3 Å². The molecule has 0 atom stereocenters. The highest BCUT2D eigenvalue weighted by Crippen LogP contribution is 2.30. The number of benzene rings is 1. The third kappa shape index (κ3) is 1.99. The van der Waals surface area contributed by atoms with Gasteiger partial charge in [-0.3, -0.25) is 0 Å². The van der Waals surface area contributed by atoms with Crippen molar-refractivity contribution in [2.45, 2.75) is 6.92 Å². The van der Waals surface area contributed by atoms with Gasteiger partial charge in [0.05, 0.1) is 12.7 Å². The van der Waals surface area contributed by atoms with E-state index in [-0.39, 0.29) is 0 Å². The van der Waals surface area contributed by atoms with Crippen molar-refractivity contribution in [1.82, 2.24) is 9.97 Å². The molecule has 0 unspecified atom stereocenters. The number of oxazole rings is 1. The number of rotatable bonds is 2. The smallest absolute Gasteiger partial charge is 0.230 e. The zero-order valence-electron chi connectivity index (χ0n) is 10.7. The summed E-state index contributed by atoms with van der Waals surface area (Å²) in [5, 5.41) is 0. The third-order valence-electron chi connectivity index (χ3n) is 2.88. The number of aromatic nitrogens is 2. The Morgan fingerprint density at radius 1 is 1.16 bits per heavy atom. The summed E-state index contributed by atoms with van der Waals surface area (Å²) < 4.78 is 10.8. The fourth-order valence-corrected chi connectivity index (χ4v) is 1.89. The Balaban J connectivity index is 2.13. The summed E-state index contributed by atoms with van der Waals surface area (Å²) in [6, 6.07) is 9.12. The Labute approximate surface area is 110 Å². The SMILES string of the molecule is COc1ccc(-c2nc3nc(C)ccc3o2)c(N)c1. The van der Waals surface area contributed by atoms with Crippen molar-refractivity contribution >= 4 is 16.9 Å². The standard InChI is InChI=1S/C14H13N3O2/c1-8-3-6-12-13(16-8)17-14(19-12)10-5-4-9(18-2)7-11(10)15/h3-7H,15H2,1-2H3. The van der Waals surface area contributed by atoms with Gasteiger partial charge >= 0.3 is 0 Å². The lowest BCUT2D eigenvalue weighted by molar-refractivity contribution is 0.415. The van der Waals surface area contributed by atoms with Crippen molar-refractivity contribution in [3.63, 3.8) is 0 Å². The summed E-state index contributed by atoms with van der Waals surface area (Å²) in [7, 11) is 1.60. The first-order chi connectivity index (χ1) is 9.17. The number of nitrogen functional groups attached to an aromatic ring is 1. The molecule has 0 bridgehead atoms. The molecular formula is C14H13N3O2. The number of anilines is 1. The van der Waals surface area contributed by atoms with Crippen LogP contribution >= 0.6 is 0 Å². The first-order valence-electron chi connectivity index (χ1n) is 5.85.